The predicted octanol–water partition coefficient (Wildman–Crippen LogP) is -0.0488. The van der Waals surface area contributed by atoms with Crippen LogP contribution in [0.15, 0.2) is 0 Å². The number of carbonyl (C=O) groups is 2. The Morgan fingerprint density at radius 2 is 1.88 bits per heavy atom. The fourth-order valence-corrected chi connectivity index (χ4v) is 2.96. The molecule has 0 aromatic carbocycles. The van der Waals surface area contributed by atoms with Crippen molar-refractivity contribution in [1.82, 2.24) is 5.32 Å². The van der Waals surface area contributed by atoms with Gasteiger partial charge in [0.15, 0.2) is 0 Å². The van der Waals surface area contributed by atoms with Gasteiger partial charge in [-0.3, -0.25) is 14.9 Å². The minimum absolute atomic E-state index is 0.0842. The first-order valence-electron chi connectivity index (χ1n) is 6.25. The number of carbonyl (C=O) groups excluding carboxylic acids is 2. The molecule has 3 atom stereocenters. The highest BCUT2D eigenvalue weighted by Crippen LogP contribution is 2.32. The van der Waals surface area contributed by atoms with E-state index in [0.29, 0.717) is 19.3 Å². The van der Waals surface area contributed by atoms with Crippen LogP contribution in [0.2, 0.25) is 0 Å². The normalized spacial score (nSPS) is 32.6. The van der Waals surface area contributed by atoms with Gasteiger partial charge in [-0.1, -0.05) is 6.42 Å². The van der Waals surface area contributed by atoms with Crippen molar-refractivity contribution < 1.29 is 19.8 Å². The van der Waals surface area contributed by atoms with Crippen LogP contribution >= 0.6 is 0 Å². The Bertz CT molecular complexity index is 302. The van der Waals surface area contributed by atoms with Crippen molar-refractivity contribution in [2.75, 3.05) is 0 Å². The fraction of sp³-hybridized carbons (Fsp3) is 0.833. The van der Waals surface area contributed by atoms with Crippen molar-refractivity contribution in [3.63, 3.8) is 0 Å². The van der Waals surface area contributed by atoms with Gasteiger partial charge in [-0.25, -0.2) is 0 Å². The summed E-state index contributed by atoms with van der Waals surface area (Å²) in [6.45, 7) is 0. The molecule has 1 saturated carbocycles. The van der Waals surface area contributed by atoms with E-state index in [1.807, 2.05) is 0 Å². The van der Waals surface area contributed by atoms with E-state index in [0.717, 1.165) is 19.3 Å². The van der Waals surface area contributed by atoms with E-state index < -0.39 is 12.2 Å². The zero-order chi connectivity index (χ0) is 12.4. The van der Waals surface area contributed by atoms with Gasteiger partial charge in [0, 0.05) is 18.8 Å². The number of piperidine rings is 1. The van der Waals surface area contributed by atoms with Crippen LogP contribution in [0, 0.1) is 11.8 Å². The standard InChI is InChI=1S/C12H19NO4/c14-9-3-1-2-8(9)10(15)4-7-5-11(16)13-12(17)6-7/h7-10,14-15H,1-6H2,(H,13,16,17)/t8-,9+,10+/m0/s1. The van der Waals surface area contributed by atoms with Gasteiger partial charge in [-0.2, -0.15) is 0 Å². The van der Waals surface area contributed by atoms with E-state index in [4.69, 9.17) is 0 Å². The summed E-state index contributed by atoms with van der Waals surface area (Å²) < 4.78 is 0. The van der Waals surface area contributed by atoms with Crippen LogP contribution in [0.1, 0.15) is 38.5 Å². The molecule has 2 fully saturated rings. The van der Waals surface area contributed by atoms with E-state index in [1.54, 1.807) is 0 Å². The highest BCUT2D eigenvalue weighted by Gasteiger charge is 2.34. The third-order valence-corrected chi connectivity index (χ3v) is 3.83. The highest BCUT2D eigenvalue weighted by atomic mass is 16.3. The quantitative estimate of drug-likeness (QED) is 0.605. The Kier molecular flexibility index (Phi) is 3.79. The Labute approximate surface area is 100 Å². The molecule has 96 valence electrons. The van der Waals surface area contributed by atoms with Gasteiger partial charge in [0.25, 0.3) is 0 Å². The Morgan fingerprint density at radius 3 is 2.41 bits per heavy atom. The third kappa shape index (κ3) is 3.04. The number of hydrogen-bond donors (Lipinski definition) is 3. The zero-order valence-electron chi connectivity index (χ0n) is 9.76. The van der Waals surface area contributed by atoms with E-state index in [1.165, 1.54) is 0 Å². The lowest BCUT2D eigenvalue weighted by atomic mass is 9.85. The molecule has 2 amide bonds. The molecule has 0 aromatic rings. The molecule has 1 saturated heterocycles. The maximum atomic E-state index is 11.2. The average Bonchev–Trinajstić information content (AvgIpc) is 2.62. The first kappa shape index (κ1) is 12.5. The summed E-state index contributed by atoms with van der Waals surface area (Å²) >= 11 is 0. The zero-order valence-corrected chi connectivity index (χ0v) is 9.76. The summed E-state index contributed by atoms with van der Waals surface area (Å²) in [7, 11) is 0. The van der Waals surface area contributed by atoms with Crippen LogP contribution in [-0.2, 0) is 9.59 Å². The predicted molar refractivity (Wildman–Crippen MR) is 59.8 cm³/mol. The van der Waals surface area contributed by atoms with Crippen LogP contribution in [0.3, 0.4) is 0 Å². The number of aliphatic hydroxyl groups excluding tert-OH is 2. The summed E-state index contributed by atoms with van der Waals surface area (Å²) in [6.07, 6.45) is 2.50. The Balaban J connectivity index is 1.87. The van der Waals surface area contributed by atoms with Gasteiger partial charge in [0.2, 0.25) is 11.8 Å². The maximum Gasteiger partial charge on any atom is 0.226 e. The Morgan fingerprint density at radius 1 is 1.24 bits per heavy atom. The van der Waals surface area contributed by atoms with E-state index in [2.05, 4.69) is 5.32 Å². The lowest BCUT2D eigenvalue weighted by Crippen LogP contribution is -2.40. The van der Waals surface area contributed by atoms with E-state index in [9.17, 15) is 19.8 Å². The van der Waals surface area contributed by atoms with Gasteiger partial charge in [0.1, 0.15) is 0 Å². The molecule has 0 radical (unpaired) electrons. The molecule has 0 aromatic heterocycles. The van der Waals surface area contributed by atoms with Crippen molar-refractivity contribution in [3.05, 3.63) is 0 Å². The number of amides is 2. The molecular formula is C12H19NO4. The Hall–Kier alpha value is -0.940. The maximum absolute atomic E-state index is 11.2. The molecule has 1 aliphatic heterocycles. The number of nitrogens with one attached hydrogen (secondary N) is 1. The van der Waals surface area contributed by atoms with Crippen LogP contribution in [-0.4, -0.2) is 34.2 Å². The molecule has 5 nitrogen and oxygen atoms in total. The first-order valence-corrected chi connectivity index (χ1v) is 6.25. The second-order valence-electron chi connectivity index (χ2n) is 5.21. The second-order valence-corrected chi connectivity index (χ2v) is 5.21. The summed E-state index contributed by atoms with van der Waals surface area (Å²) in [4.78, 5) is 22.4. The van der Waals surface area contributed by atoms with Crippen molar-refractivity contribution in [1.29, 1.82) is 0 Å². The summed E-state index contributed by atoms with van der Waals surface area (Å²) in [5.74, 6) is -0.690. The van der Waals surface area contributed by atoms with Gasteiger partial charge in [0.05, 0.1) is 12.2 Å². The van der Waals surface area contributed by atoms with Crippen molar-refractivity contribution in [3.8, 4) is 0 Å². The lowest BCUT2D eigenvalue weighted by molar-refractivity contribution is -0.135. The summed E-state index contributed by atoms with van der Waals surface area (Å²) in [6, 6.07) is 0. The molecule has 1 heterocycles. The van der Waals surface area contributed by atoms with Crippen LogP contribution in [0.5, 0.6) is 0 Å². The van der Waals surface area contributed by atoms with Gasteiger partial charge in [-0.15, -0.1) is 0 Å². The van der Waals surface area contributed by atoms with Gasteiger partial charge in [-0.05, 0) is 25.2 Å². The summed E-state index contributed by atoms with van der Waals surface area (Å²) in [5.41, 5.74) is 0. The topological polar surface area (TPSA) is 86.6 Å². The van der Waals surface area contributed by atoms with Crippen molar-refractivity contribution >= 4 is 11.8 Å². The molecule has 2 rings (SSSR count). The van der Waals surface area contributed by atoms with Crippen LogP contribution < -0.4 is 5.32 Å². The van der Waals surface area contributed by atoms with Gasteiger partial charge < -0.3 is 10.2 Å². The number of hydrogen-bond acceptors (Lipinski definition) is 4. The molecule has 1 aliphatic carbocycles. The fourth-order valence-electron chi connectivity index (χ4n) is 2.96. The minimum atomic E-state index is -0.601. The first-order chi connectivity index (χ1) is 8.06. The van der Waals surface area contributed by atoms with Gasteiger partial charge >= 0.3 is 0 Å². The number of rotatable bonds is 3. The van der Waals surface area contributed by atoms with Crippen LogP contribution in [0.4, 0.5) is 0 Å². The highest BCUT2D eigenvalue weighted by molar-refractivity contribution is 5.97. The average molecular weight is 241 g/mol. The third-order valence-electron chi connectivity index (χ3n) is 3.83. The number of imide groups is 1. The molecule has 0 bridgehead atoms. The lowest BCUT2D eigenvalue weighted by Gasteiger charge is -2.27. The smallest absolute Gasteiger partial charge is 0.226 e. The van der Waals surface area contributed by atoms with Crippen LogP contribution in [0.25, 0.3) is 0 Å². The minimum Gasteiger partial charge on any atom is -0.393 e. The number of aliphatic hydroxyl groups is 2. The van der Waals surface area contributed by atoms with E-state index in [-0.39, 0.29) is 23.7 Å². The molecule has 2 aliphatic rings. The molecule has 3 N–H and O–H groups in total. The molecule has 0 unspecified atom stereocenters. The molecule has 0 spiro atoms. The van der Waals surface area contributed by atoms with Crippen molar-refractivity contribution in [2.24, 2.45) is 11.8 Å². The SMILES string of the molecule is O=C1CC(C[C@@H](O)[C@H]2CCC[C@H]2O)CC(=O)N1. The largest absolute Gasteiger partial charge is 0.393 e. The molecule has 5 heteroatoms. The molecule has 17 heavy (non-hydrogen) atoms. The molecular weight excluding hydrogens is 222 g/mol. The summed E-state index contributed by atoms with van der Waals surface area (Å²) in [5, 5.41) is 22.0. The monoisotopic (exact) mass is 241 g/mol. The van der Waals surface area contributed by atoms with Crippen molar-refractivity contribution in [2.45, 2.75) is 50.7 Å². The van der Waals surface area contributed by atoms with E-state index >= 15 is 0 Å². The second kappa shape index (κ2) is 5.14.